The predicted octanol–water partition coefficient (Wildman–Crippen LogP) is 8.68. The van der Waals surface area contributed by atoms with E-state index in [1.54, 1.807) is 11.8 Å². The molecule has 0 radical (unpaired) electrons. The monoisotopic (exact) mass is 466 g/mol. The second-order valence-corrected chi connectivity index (χ2v) is 10.8. The van der Waals surface area contributed by atoms with Gasteiger partial charge in [-0.1, -0.05) is 54.6 Å². The lowest BCUT2D eigenvalue weighted by atomic mass is 10.1. The quantitative estimate of drug-likeness (QED) is 0.277. The van der Waals surface area contributed by atoms with Crippen LogP contribution in [0.15, 0.2) is 117 Å². The second kappa shape index (κ2) is 7.97. The van der Waals surface area contributed by atoms with Crippen molar-refractivity contribution in [2.24, 2.45) is 10.2 Å². The molecule has 1 spiro atoms. The number of hydrogen-bond acceptors (Lipinski definition) is 4. The summed E-state index contributed by atoms with van der Waals surface area (Å²) in [5.41, 5.74) is 6.47. The van der Waals surface area contributed by atoms with Crippen LogP contribution in [-0.4, -0.2) is 13.7 Å². The van der Waals surface area contributed by atoms with Crippen LogP contribution in [0, 0.1) is 13.8 Å². The molecule has 0 bridgehead atoms. The van der Waals surface area contributed by atoms with E-state index in [1.165, 1.54) is 16.0 Å². The molecule has 160 valence electrons. The summed E-state index contributed by atoms with van der Waals surface area (Å²) >= 11 is 3.60. The van der Waals surface area contributed by atoms with Gasteiger partial charge in [0.2, 0.25) is 11.4 Å². The van der Waals surface area contributed by atoms with Crippen LogP contribution < -0.4 is 0 Å². The Balaban J connectivity index is 1.68. The molecule has 4 nitrogen and oxygen atoms in total. The van der Waals surface area contributed by atoms with E-state index in [0.717, 1.165) is 27.6 Å². The molecule has 2 aliphatic heterocycles. The molecular formula is C27H22N4S2+2. The van der Waals surface area contributed by atoms with E-state index in [4.69, 9.17) is 10.2 Å². The highest BCUT2D eigenvalue weighted by atomic mass is 32.2. The number of aryl methyl sites for hydroxylation is 2. The molecule has 2 heterocycles. The predicted molar refractivity (Wildman–Crippen MR) is 134 cm³/mol. The third-order valence-electron chi connectivity index (χ3n) is 5.69. The third-order valence-corrected chi connectivity index (χ3v) is 8.72. The maximum absolute atomic E-state index is 5.25. The number of benzene rings is 4. The van der Waals surface area contributed by atoms with E-state index < -0.39 is 4.33 Å². The number of para-hydroxylation sites is 2. The van der Waals surface area contributed by atoms with E-state index in [-0.39, 0.29) is 0 Å². The molecule has 6 rings (SSSR count). The number of fused-ring (bicyclic) bond motifs is 2. The molecule has 0 fully saturated rings. The Bertz CT molecular complexity index is 1430. The summed E-state index contributed by atoms with van der Waals surface area (Å²) in [6, 6.07) is 33.5. The molecule has 4 aromatic carbocycles. The minimum absolute atomic E-state index is 0.663. The molecule has 0 saturated heterocycles. The van der Waals surface area contributed by atoms with Crippen LogP contribution in [0.3, 0.4) is 0 Å². The van der Waals surface area contributed by atoms with Gasteiger partial charge < -0.3 is 0 Å². The van der Waals surface area contributed by atoms with Gasteiger partial charge in [-0.2, -0.15) is 0 Å². The average molecular weight is 467 g/mol. The first kappa shape index (κ1) is 20.4. The van der Waals surface area contributed by atoms with Gasteiger partial charge in [0.05, 0.1) is 33.3 Å². The number of azo groups is 4. The molecule has 0 aromatic heterocycles. The summed E-state index contributed by atoms with van der Waals surface area (Å²) in [6.07, 6.45) is 0. The normalized spacial score (nSPS) is 18.8. The molecule has 0 unspecified atom stereocenters. The van der Waals surface area contributed by atoms with Gasteiger partial charge in [0.25, 0.3) is 0 Å². The summed E-state index contributed by atoms with van der Waals surface area (Å²) in [6.45, 7) is 4.30. The number of nitrogens with zero attached hydrogens (tertiary/aromatic N) is 4. The molecule has 0 N–H and O–H groups in total. The van der Waals surface area contributed by atoms with E-state index in [9.17, 15) is 0 Å². The van der Waals surface area contributed by atoms with E-state index in [1.807, 2.05) is 30.0 Å². The van der Waals surface area contributed by atoms with Crippen molar-refractivity contribution < 1.29 is 9.39 Å². The van der Waals surface area contributed by atoms with Crippen molar-refractivity contribution in [2.45, 2.75) is 28.0 Å². The third kappa shape index (κ3) is 3.41. The molecule has 1 atom stereocenters. The molecule has 4 aromatic rings. The summed E-state index contributed by atoms with van der Waals surface area (Å²) in [5, 5.41) is 10.4. The molecule has 2 aliphatic rings. The highest BCUT2D eigenvalue weighted by Crippen LogP contribution is 2.60. The lowest BCUT2D eigenvalue weighted by Crippen LogP contribution is -2.43. The minimum Gasteiger partial charge on any atom is -0.0618 e. The number of hydrogen-bond donors (Lipinski definition) is 0. The minimum atomic E-state index is -0.663. The van der Waals surface area contributed by atoms with Crippen LogP contribution in [0.25, 0.3) is 0 Å². The van der Waals surface area contributed by atoms with Crippen molar-refractivity contribution in [1.29, 1.82) is 0 Å². The van der Waals surface area contributed by atoms with Crippen molar-refractivity contribution in [2.75, 3.05) is 0 Å². The zero-order valence-electron chi connectivity index (χ0n) is 18.3. The highest BCUT2D eigenvalue weighted by Gasteiger charge is 2.65. The fourth-order valence-corrected chi connectivity index (χ4v) is 7.20. The van der Waals surface area contributed by atoms with Crippen LogP contribution in [0.5, 0.6) is 0 Å². The van der Waals surface area contributed by atoms with Gasteiger partial charge in [-0.3, -0.25) is 0 Å². The second-order valence-electron chi connectivity index (χ2n) is 8.15. The zero-order chi connectivity index (χ0) is 22.4. The first-order valence-electron chi connectivity index (χ1n) is 10.9. The Morgan fingerprint density at radius 2 is 1.21 bits per heavy atom. The summed E-state index contributed by atoms with van der Waals surface area (Å²) < 4.78 is 3.60. The first-order valence-corrected chi connectivity index (χ1v) is 12.5. The Hall–Kier alpha value is -3.22. The Kier molecular flexibility index (Phi) is 4.93. The standard InChI is InChI=1S/C27H22N4S2/c1-19-17-20(2)26-24(18-19)29-31(22-13-7-4-8-14-22)27(33-26)30(21-11-5-3-6-12-21)28-23-15-9-10-16-25(23)32-27/h3-18H,1-2H3/q+2/t27-/m0/s1. The van der Waals surface area contributed by atoms with Crippen LogP contribution in [0.1, 0.15) is 11.1 Å². The summed E-state index contributed by atoms with van der Waals surface area (Å²) in [5.74, 6) is 0. The van der Waals surface area contributed by atoms with Crippen molar-refractivity contribution in [3.8, 4) is 0 Å². The van der Waals surface area contributed by atoms with Crippen LogP contribution in [0.2, 0.25) is 0 Å². The lowest BCUT2D eigenvalue weighted by molar-refractivity contribution is -0.751. The van der Waals surface area contributed by atoms with Crippen LogP contribution in [-0.2, 0) is 0 Å². The Morgan fingerprint density at radius 1 is 0.636 bits per heavy atom. The van der Waals surface area contributed by atoms with Crippen LogP contribution >= 0.6 is 23.5 Å². The molecule has 0 amide bonds. The molecule has 0 saturated carbocycles. The van der Waals surface area contributed by atoms with Gasteiger partial charge in [0.15, 0.2) is 0 Å². The van der Waals surface area contributed by atoms with Crippen molar-refractivity contribution >= 4 is 46.3 Å². The maximum atomic E-state index is 5.25. The molecule has 6 heteroatoms. The zero-order valence-corrected chi connectivity index (χ0v) is 20.0. The lowest BCUT2D eigenvalue weighted by Gasteiger charge is -2.28. The molecule has 33 heavy (non-hydrogen) atoms. The van der Waals surface area contributed by atoms with E-state index in [2.05, 4.69) is 102 Å². The maximum Gasteiger partial charge on any atom is 0.516 e. The number of rotatable bonds is 2. The van der Waals surface area contributed by atoms with Gasteiger partial charge >= 0.3 is 4.33 Å². The smallest absolute Gasteiger partial charge is 0.0618 e. The van der Waals surface area contributed by atoms with Gasteiger partial charge in [-0.25, -0.2) is 0 Å². The van der Waals surface area contributed by atoms with Gasteiger partial charge in [-0.15, -0.1) is 0 Å². The van der Waals surface area contributed by atoms with Gasteiger partial charge in [0, 0.05) is 43.9 Å². The fraction of sp³-hybridized carbons (Fsp3) is 0.111. The SMILES string of the molecule is Cc1cc(C)c2c(c1)N=[N+](c1ccccc1)[C@@]1(Sc3ccccc3N=[N+]1c1ccccc1)S2. The van der Waals surface area contributed by atoms with E-state index in [0.29, 0.717) is 0 Å². The molecular weight excluding hydrogens is 444 g/mol. The molecule has 0 aliphatic carbocycles. The van der Waals surface area contributed by atoms with E-state index >= 15 is 0 Å². The van der Waals surface area contributed by atoms with Crippen molar-refractivity contribution in [3.63, 3.8) is 0 Å². The summed E-state index contributed by atoms with van der Waals surface area (Å²) in [4.78, 5) is 2.33. The van der Waals surface area contributed by atoms with Crippen LogP contribution in [0.4, 0.5) is 22.7 Å². The first-order chi connectivity index (χ1) is 16.1. The highest BCUT2D eigenvalue weighted by molar-refractivity contribution is 8.17. The fourth-order valence-electron chi connectivity index (χ4n) is 4.25. The van der Waals surface area contributed by atoms with Crippen molar-refractivity contribution in [1.82, 2.24) is 0 Å². The largest absolute Gasteiger partial charge is 0.516 e. The Labute approximate surface area is 201 Å². The van der Waals surface area contributed by atoms with Crippen molar-refractivity contribution in [3.05, 3.63) is 108 Å². The summed E-state index contributed by atoms with van der Waals surface area (Å²) in [7, 11) is 0. The Morgan fingerprint density at radius 3 is 1.88 bits per heavy atom. The number of thioether (sulfide) groups is 2. The van der Waals surface area contributed by atoms with Gasteiger partial charge in [0.1, 0.15) is 11.4 Å². The van der Waals surface area contributed by atoms with Gasteiger partial charge in [-0.05, 0) is 43.2 Å². The topological polar surface area (TPSA) is 30.7 Å². The average Bonchev–Trinajstić information content (AvgIpc) is 2.85.